The van der Waals surface area contributed by atoms with Crippen molar-refractivity contribution in [3.63, 3.8) is 0 Å². The largest absolute Gasteiger partial charge is 0.493 e. The maximum Gasteiger partial charge on any atom is 0.240 e. The highest BCUT2D eigenvalue weighted by atomic mass is 32.1. The van der Waals surface area contributed by atoms with Crippen LogP contribution in [0.3, 0.4) is 0 Å². The summed E-state index contributed by atoms with van der Waals surface area (Å²) < 4.78 is 5.70. The number of hydrogen-bond acceptors (Lipinski definition) is 6. The Balaban J connectivity index is 1.40. The zero-order chi connectivity index (χ0) is 17.5. The topological polar surface area (TPSA) is 67.4 Å². The lowest BCUT2D eigenvalue weighted by atomic mass is 10.1. The van der Waals surface area contributed by atoms with Gasteiger partial charge in [-0.3, -0.25) is 15.0 Å². The van der Waals surface area contributed by atoms with E-state index in [1.54, 1.807) is 0 Å². The molecule has 1 aliphatic heterocycles. The van der Waals surface area contributed by atoms with Crippen LogP contribution in [-0.4, -0.2) is 47.2 Å². The second-order valence-corrected chi connectivity index (χ2v) is 7.36. The smallest absolute Gasteiger partial charge is 0.240 e. The van der Waals surface area contributed by atoms with Gasteiger partial charge in [-0.25, -0.2) is 0 Å². The molecular formula is C18H24N4O2S. The van der Waals surface area contributed by atoms with E-state index in [-0.39, 0.29) is 5.91 Å². The molecule has 1 aliphatic rings. The summed E-state index contributed by atoms with van der Waals surface area (Å²) in [6.07, 6.45) is 4.30. The molecule has 1 saturated heterocycles. The molecule has 3 rings (SSSR count). The van der Waals surface area contributed by atoms with E-state index in [1.165, 1.54) is 36.2 Å². The fraction of sp³-hybridized carbons (Fsp3) is 0.500. The van der Waals surface area contributed by atoms with E-state index < -0.39 is 0 Å². The Bertz CT molecular complexity index is 681. The van der Waals surface area contributed by atoms with Crippen molar-refractivity contribution in [2.24, 2.45) is 0 Å². The molecule has 2 heterocycles. The Hall–Kier alpha value is -1.99. The van der Waals surface area contributed by atoms with Crippen LogP contribution in [0.5, 0.6) is 5.75 Å². The van der Waals surface area contributed by atoms with Crippen LogP contribution in [0.15, 0.2) is 24.3 Å². The number of benzene rings is 1. The van der Waals surface area contributed by atoms with Crippen molar-refractivity contribution >= 4 is 22.4 Å². The summed E-state index contributed by atoms with van der Waals surface area (Å²) in [5.74, 6) is 0.839. The summed E-state index contributed by atoms with van der Waals surface area (Å²) in [5, 5.41) is 12.4. The van der Waals surface area contributed by atoms with Crippen LogP contribution in [0.4, 0.5) is 5.13 Å². The van der Waals surface area contributed by atoms with Crippen LogP contribution in [0, 0.1) is 6.92 Å². The minimum Gasteiger partial charge on any atom is -0.493 e. The van der Waals surface area contributed by atoms with Gasteiger partial charge in [0.1, 0.15) is 10.8 Å². The lowest BCUT2D eigenvalue weighted by molar-refractivity contribution is -0.117. The quantitative estimate of drug-likeness (QED) is 0.822. The van der Waals surface area contributed by atoms with Gasteiger partial charge in [0.15, 0.2) is 0 Å². The molecule has 0 spiro atoms. The number of amides is 1. The minimum atomic E-state index is -0.0134. The standard InChI is InChI=1S/C18H24N4O2S/c1-14-5-7-15(8-6-14)24-12-9-17-20-21-18(25-17)19-16(23)13-22-10-3-2-4-11-22/h5-8H,2-4,9-13H2,1H3,(H,19,21,23). The monoisotopic (exact) mass is 360 g/mol. The number of carbonyl (C=O) groups excluding carboxylic acids is 1. The van der Waals surface area contributed by atoms with E-state index in [1.807, 2.05) is 31.2 Å². The third-order valence-electron chi connectivity index (χ3n) is 4.13. The molecule has 0 bridgehead atoms. The number of rotatable bonds is 7. The lowest BCUT2D eigenvalue weighted by Crippen LogP contribution is -2.36. The highest BCUT2D eigenvalue weighted by Gasteiger charge is 2.15. The second kappa shape index (κ2) is 8.92. The summed E-state index contributed by atoms with van der Waals surface area (Å²) in [5.41, 5.74) is 1.21. The fourth-order valence-electron chi connectivity index (χ4n) is 2.78. The highest BCUT2D eigenvalue weighted by molar-refractivity contribution is 7.15. The first-order valence-corrected chi connectivity index (χ1v) is 9.55. The molecule has 0 radical (unpaired) electrons. The number of piperidine rings is 1. The fourth-order valence-corrected chi connectivity index (χ4v) is 3.51. The van der Waals surface area contributed by atoms with Crippen molar-refractivity contribution in [3.8, 4) is 5.75 Å². The van der Waals surface area contributed by atoms with Gasteiger partial charge in [0.25, 0.3) is 0 Å². The molecule has 6 nitrogen and oxygen atoms in total. The van der Waals surface area contributed by atoms with Gasteiger partial charge in [-0.2, -0.15) is 0 Å². The number of nitrogens with one attached hydrogen (secondary N) is 1. The first-order valence-electron chi connectivity index (χ1n) is 8.73. The molecule has 134 valence electrons. The van der Waals surface area contributed by atoms with Gasteiger partial charge >= 0.3 is 0 Å². The van der Waals surface area contributed by atoms with Gasteiger partial charge in [0.05, 0.1) is 13.2 Å². The van der Waals surface area contributed by atoms with Crippen LogP contribution in [0.25, 0.3) is 0 Å². The Morgan fingerprint density at radius 3 is 2.72 bits per heavy atom. The van der Waals surface area contributed by atoms with Gasteiger partial charge in [-0.1, -0.05) is 35.5 Å². The average molecular weight is 360 g/mol. The van der Waals surface area contributed by atoms with Gasteiger partial charge in [-0.05, 0) is 45.0 Å². The summed E-state index contributed by atoms with van der Waals surface area (Å²) in [4.78, 5) is 14.3. The molecule has 25 heavy (non-hydrogen) atoms. The molecule has 1 aromatic carbocycles. The molecule has 1 N–H and O–H groups in total. The number of anilines is 1. The number of nitrogens with zero attached hydrogens (tertiary/aromatic N) is 3. The number of aryl methyl sites for hydroxylation is 1. The van der Waals surface area contributed by atoms with Crippen molar-refractivity contribution in [2.45, 2.75) is 32.6 Å². The van der Waals surface area contributed by atoms with Gasteiger partial charge in [-0.15, -0.1) is 10.2 Å². The number of ether oxygens (including phenoxy) is 1. The van der Waals surface area contributed by atoms with Crippen molar-refractivity contribution < 1.29 is 9.53 Å². The molecule has 0 saturated carbocycles. The summed E-state index contributed by atoms with van der Waals surface area (Å²) in [7, 11) is 0. The highest BCUT2D eigenvalue weighted by Crippen LogP contribution is 2.17. The number of likely N-dealkylation sites (tertiary alicyclic amines) is 1. The molecule has 1 fully saturated rings. The average Bonchev–Trinajstić information content (AvgIpc) is 3.04. The first-order chi connectivity index (χ1) is 12.2. The Kier molecular flexibility index (Phi) is 6.36. The van der Waals surface area contributed by atoms with E-state index in [2.05, 4.69) is 20.4 Å². The first kappa shape index (κ1) is 17.8. The predicted octanol–water partition coefficient (Wildman–Crippen LogP) is 2.89. The molecule has 0 atom stereocenters. The van der Waals surface area contributed by atoms with Crippen molar-refractivity contribution in [1.82, 2.24) is 15.1 Å². The predicted molar refractivity (Wildman–Crippen MR) is 99.2 cm³/mol. The van der Waals surface area contributed by atoms with Crippen LogP contribution in [0.1, 0.15) is 29.8 Å². The third kappa shape index (κ3) is 5.79. The van der Waals surface area contributed by atoms with Crippen LogP contribution in [-0.2, 0) is 11.2 Å². The van der Waals surface area contributed by atoms with Crippen molar-refractivity contribution in [2.75, 3.05) is 31.6 Å². The van der Waals surface area contributed by atoms with E-state index >= 15 is 0 Å². The van der Waals surface area contributed by atoms with Crippen molar-refractivity contribution in [3.05, 3.63) is 34.8 Å². The van der Waals surface area contributed by atoms with Gasteiger partial charge in [0.2, 0.25) is 11.0 Å². The zero-order valence-electron chi connectivity index (χ0n) is 14.5. The van der Waals surface area contributed by atoms with E-state index in [4.69, 9.17) is 4.74 Å². The molecule has 1 amide bonds. The van der Waals surface area contributed by atoms with E-state index in [9.17, 15) is 4.79 Å². The molecule has 7 heteroatoms. The second-order valence-electron chi connectivity index (χ2n) is 6.30. The van der Waals surface area contributed by atoms with Crippen LogP contribution >= 0.6 is 11.3 Å². The van der Waals surface area contributed by atoms with Gasteiger partial charge in [0, 0.05) is 6.42 Å². The Morgan fingerprint density at radius 2 is 1.96 bits per heavy atom. The summed E-state index contributed by atoms with van der Waals surface area (Å²) in [6.45, 7) is 5.03. The third-order valence-corrected chi connectivity index (χ3v) is 5.03. The summed E-state index contributed by atoms with van der Waals surface area (Å²) >= 11 is 1.41. The normalized spacial score (nSPS) is 15.1. The Labute approximate surface area is 152 Å². The van der Waals surface area contributed by atoms with Crippen molar-refractivity contribution in [1.29, 1.82) is 0 Å². The van der Waals surface area contributed by atoms with Crippen LogP contribution in [0.2, 0.25) is 0 Å². The SMILES string of the molecule is Cc1ccc(OCCc2nnc(NC(=O)CN3CCCCC3)s2)cc1. The van der Waals surface area contributed by atoms with Crippen LogP contribution < -0.4 is 10.1 Å². The molecule has 0 unspecified atom stereocenters. The summed E-state index contributed by atoms with van der Waals surface area (Å²) in [6, 6.07) is 7.97. The molecular weight excluding hydrogens is 336 g/mol. The number of hydrogen-bond donors (Lipinski definition) is 1. The maximum atomic E-state index is 12.1. The Morgan fingerprint density at radius 1 is 1.20 bits per heavy atom. The number of carbonyl (C=O) groups is 1. The zero-order valence-corrected chi connectivity index (χ0v) is 15.3. The lowest BCUT2D eigenvalue weighted by Gasteiger charge is -2.25. The molecule has 1 aromatic heterocycles. The minimum absolute atomic E-state index is 0.0134. The van der Waals surface area contributed by atoms with Gasteiger partial charge < -0.3 is 4.74 Å². The van der Waals surface area contributed by atoms with E-state index in [0.717, 1.165) is 23.8 Å². The van der Waals surface area contributed by atoms with E-state index in [0.29, 0.717) is 24.7 Å². The number of aromatic nitrogens is 2. The molecule has 2 aromatic rings. The molecule has 0 aliphatic carbocycles. The maximum absolute atomic E-state index is 12.1.